The molecule has 0 aliphatic carbocycles. The first-order valence-electron chi connectivity index (χ1n) is 6.16. The van der Waals surface area contributed by atoms with E-state index in [9.17, 15) is 9.59 Å². The molecule has 1 fully saturated rings. The van der Waals surface area contributed by atoms with Crippen LogP contribution >= 0.6 is 0 Å². The third-order valence-corrected chi connectivity index (χ3v) is 3.46. The molecule has 0 saturated carbocycles. The Hall–Kier alpha value is -2.11. The molecular weight excluding hydrogens is 246 g/mol. The van der Waals surface area contributed by atoms with Crippen LogP contribution in [0.2, 0.25) is 0 Å². The third kappa shape index (κ3) is 3.01. The Labute approximate surface area is 111 Å². The smallest absolute Gasteiger partial charge is 0.306 e. The molecule has 1 saturated heterocycles. The van der Waals surface area contributed by atoms with Crippen LogP contribution < -0.4 is 0 Å². The first-order chi connectivity index (χ1) is 8.97. The standard InChI is InChI=1S/C13H17N3O3/c1-9(13(18)19)11-7-16(8-11)12(17)4-3-10-5-14-15(2)6-10/h3-6,9,11H,7-8H2,1-2H3,(H,18,19)/b4-3+. The van der Waals surface area contributed by atoms with Gasteiger partial charge in [-0.15, -0.1) is 0 Å². The van der Waals surface area contributed by atoms with Gasteiger partial charge in [0.05, 0.1) is 12.1 Å². The maximum atomic E-state index is 11.8. The first kappa shape index (κ1) is 13.3. The zero-order valence-corrected chi connectivity index (χ0v) is 11.0. The van der Waals surface area contributed by atoms with Crippen molar-refractivity contribution in [3.05, 3.63) is 24.0 Å². The van der Waals surface area contributed by atoms with E-state index in [1.165, 1.54) is 6.08 Å². The summed E-state index contributed by atoms with van der Waals surface area (Å²) in [4.78, 5) is 24.3. The number of aromatic nitrogens is 2. The number of hydrogen-bond acceptors (Lipinski definition) is 3. The Balaban J connectivity index is 1.83. The molecule has 1 amide bonds. The van der Waals surface area contributed by atoms with Crippen molar-refractivity contribution in [3.63, 3.8) is 0 Å². The Bertz CT molecular complexity index is 515. The van der Waals surface area contributed by atoms with Crippen LogP contribution in [-0.2, 0) is 16.6 Å². The number of amides is 1. The average Bonchev–Trinajstić information content (AvgIpc) is 2.70. The highest BCUT2D eigenvalue weighted by Crippen LogP contribution is 2.24. The molecule has 1 aromatic heterocycles. The Morgan fingerprint density at radius 3 is 2.74 bits per heavy atom. The van der Waals surface area contributed by atoms with Crippen molar-refractivity contribution >= 4 is 18.0 Å². The van der Waals surface area contributed by atoms with Gasteiger partial charge < -0.3 is 10.0 Å². The molecule has 1 aliphatic rings. The molecule has 6 heteroatoms. The molecule has 2 heterocycles. The van der Waals surface area contributed by atoms with Crippen LogP contribution in [0.3, 0.4) is 0 Å². The van der Waals surface area contributed by atoms with E-state index in [-0.39, 0.29) is 11.8 Å². The molecule has 0 bridgehead atoms. The van der Waals surface area contributed by atoms with Gasteiger partial charge in [-0.2, -0.15) is 5.10 Å². The topological polar surface area (TPSA) is 75.4 Å². The van der Waals surface area contributed by atoms with E-state index >= 15 is 0 Å². The van der Waals surface area contributed by atoms with Gasteiger partial charge in [-0.1, -0.05) is 6.92 Å². The van der Waals surface area contributed by atoms with Crippen molar-refractivity contribution in [2.24, 2.45) is 18.9 Å². The summed E-state index contributed by atoms with van der Waals surface area (Å²) in [7, 11) is 1.81. The summed E-state index contributed by atoms with van der Waals surface area (Å²) in [6, 6.07) is 0. The molecule has 0 aromatic carbocycles. The number of nitrogens with zero attached hydrogens (tertiary/aromatic N) is 3. The Kier molecular flexibility index (Phi) is 3.69. The van der Waals surface area contributed by atoms with Crippen LogP contribution in [0.4, 0.5) is 0 Å². The zero-order valence-electron chi connectivity index (χ0n) is 11.0. The monoisotopic (exact) mass is 263 g/mol. The summed E-state index contributed by atoms with van der Waals surface area (Å²) in [6.45, 7) is 2.72. The second kappa shape index (κ2) is 5.26. The van der Waals surface area contributed by atoms with E-state index in [0.717, 1.165) is 5.56 Å². The first-order valence-corrected chi connectivity index (χ1v) is 6.16. The Morgan fingerprint density at radius 2 is 2.21 bits per heavy atom. The number of carboxylic acids is 1. The van der Waals surface area contributed by atoms with E-state index in [1.807, 2.05) is 13.2 Å². The second-order valence-corrected chi connectivity index (χ2v) is 4.91. The van der Waals surface area contributed by atoms with E-state index in [2.05, 4.69) is 5.10 Å². The number of hydrogen-bond donors (Lipinski definition) is 1. The van der Waals surface area contributed by atoms with Crippen molar-refractivity contribution in [1.82, 2.24) is 14.7 Å². The predicted octanol–water partition coefficient (Wildman–Crippen LogP) is 0.612. The fourth-order valence-electron chi connectivity index (χ4n) is 2.01. The van der Waals surface area contributed by atoms with Gasteiger partial charge in [0, 0.05) is 43.9 Å². The molecule has 1 aromatic rings. The minimum atomic E-state index is -0.803. The van der Waals surface area contributed by atoms with Crippen LogP contribution in [0.15, 0.2) is 18.5 Å². The lowest BCUT2D eigenvalue weighted by molar-refractivity contribution is -0.148. The molecule has 0 radical (unpaired) electrons. The van der Waals surface area contributed by atoms with E-state index in [0.29, 0.717) is 13.1 Å². The van der Waals surface area contributed by atoms with Crippen molar-refractivity contribution in [1.29, 1.82) is 0 Å². The van der Waals surface area contributed by atoms with Gasteiger partial charge in [0.1, 0.15) is 0 Å². The normalized spacial score (nSPS) is 17.5. The molecule has 6 nitrogen and oxygen atoms in total. The number of likely N-dealkylation sites (tertiary alicyclic amines) is 1. The lowest BCUT2D eigenvalue weighted by atomic mass is 9.87. The summed E-state index contributed by atoms with van der Waals surface area (Å²) in [5, 5.41) is 12.9. The van der Waals surface area contributed by atoms with E-state index in [1.54, 1.807) is 28.8 Å². The lowest BCUT2D eigenvalue weighted by Crippen LogP contribution is -2.53. The molecule has 1 aliphatic heterocycles. The van der Waals surface area contributed by atoms with Crippen LogP contribution in [0, 0.1) is 11.8 Å². The average molecular weight is 263 g/mol. The maximum Gasteiger partial charge on any atom is 0.306 e. The van der Waals surface area contributed by atoms with Gasteiger partial charge >= 0.3 is 5.97 Å². The Morgan fingerprint density at radius 1 is 1.53 bits per heavy atom. The second-order valence-electron chi connectivity index (χ2n) is 4.91. The molecule has 0 spiro atoms. The van der Waals surface area contributed by atoms with Gasteiger partial charge in [-0.3, -0.25) is 14.3 Å². The minimum absolute atomic E-state index is 0.0632. The van der Waals surface area contributed by atoms with Crippen LogP contribution in [0.5, 0.6) is 0 Å². The zero-order chi connectivity index (χ0) is 14.0. The molecule has 1 unspecified atom stereocenters. The van der Waals surface area contributed by atoms with Crippen molar-refractivity contribution in [3.8, 4) is 0 Å². The van der Waals surface area contributed by atoms with Gasteiger partial charge in [0.25, 0.3) is 0 Å². The third-order valence-electron chi connectivity index (χ3n) is 3.46. The van der Waals surface area contributed by atoms with Gasteiger partial charge in [-0.05, 0) is 6.08 Å². The highest BCUT2D eigenvalue weighted by atomic mass is 16.4. The molecular formula is C13H17N3O3. The number of rotatable bonds is 4. The quantitative estimate of drug-likeness (QED) is 0.808. The number of carboxylic acid groups (broad SMARTS) is 1. The van der Waals surface area contributed by atoms with Crippen LogP contribution in [0.25, 0.3) is 6.08 Å². The summed E-state index contributed by atoms with van der Waals surface area (Å²) in [5.74, 6) is -1.22. The van der Waals surface area contributed by atoms with Crippen molar-refractivity contribution < 1.29 is 14.7 Å². The molecule has 1 atom stereocenters. The maximum absolute atomic E-state index is 11.8. The molecule has 19 heavy (non-hydrogen) atoms. The van der Waals surface area contributed by atoms with Crippen molar-refractivity contribution in [2.45, 2.75) is 6.92 Å². The minimum Gasteiger partial charge on any atom is -0.481 e. The molecule has 1 N–H and O–H groups in total. The molecule has 102 valence electrons. The number of aryl methyl sites for hydroxylation is 1. The number of aliphatic carboxylic acids is 1. The summed E-state index contributed by atoms with van der Waals surface area (Å²) in [6.07, 6.45) is 6.70. The van der Waals surface area contributed by atoms with E-state index in [4.69, 9.17) is 5.11 Å². The highest BCUT2D eigenvalue weighted by molar-refractivity contribution is 5.92. The fraction of sp³-hybridized carbons (Fsp3) is 0.462. The largest absolute Gasteiger partial charge is 0.481 e. The summed E-state index contributed by atoms with van der Waals surface area (Å²) in [5.41, 5.74) is 0.867. The highest BCUT2D eigenvalue weighted by Gasteiger charge is 2.36. The number of carbonyl (C=O) groups is 2. The molecule has 2 rings (SSSR count). The summed E-state index contributed by atoms with van der Waals surface area (Å²) < 4.78 is 1.67. The van der Waals surface area contributed by atoms with Gasteiger partial charge in [0.15, 0.2) is 0 Å². The lowest BCUT2D eigenvalue weighted by Gasteiger charge is -2.40. The van der Waals surface area contributed by atoms with E-state index < -0.39 is 11.9 Å². The SMILES string of the molecule is CC(C(=O)O)C1CN(C(=O)/C=C/c2cnn(C)c2)C1. The van der Waals surface area contributed by atoms with Crippen LogP contribution in [-0.4, -0.2) is 44.8 Å². The van der Waals surface area contributed by atoms with Crippen molar-refractivity contribution in [2.75, 3.05) is 13.1 Å². The van der Waals surface area contributed by atoms with Gasteiger partial charge in [-0.25, -0.2) is 0 Å². The fourth-order valence-corrected chi connectivity index (χ4v) is 2.01. The number of carbonyl (C=O) groups excluding carboxylic acids is 1. The van der Waals surface area contributed by atoms with Crippen LogP contribution in [0.1, 0.15) is 12.5 Å². The summed E-state index contributed by atoms with van der Waals surface area (Å²) >= 11 is 0. The van der Waals surface area contributed by atoms with Gasteiger partial charge in [0.2, 0.25) is 5.91 Å². The predicted molar refractivity (Wildman–Crippen MR) is 69.1 cm³/mol.